The lowest BCUT2D eigenvalue weighted by Gasteiger charge is -2.20. The molecule has 144 valence electrons. The number of nitrogens with two attached hydrogens (primary N) is 1. The number of amides is 1. The van der Waals surface area contributed by atoms with Crippen molar-refractivity contribution in [1.82, 2.24) is 0 Å². The largest absolute Gasteiger partial charge is 0.416 e. The number of benzene rings is 2. The Kier molecular flexibility index (Phi) is 5.04. The normalized spacial score (nSPS) is 16.4. The highest BCUT2D eigenvalue weighted by atomic mass is 35.5. The van der Waals surface area contributed by atoms with Crippen molar-refractivity contribution >= 4 is 28.9 Å². The quantitative estimate of drug-likeness (QED) is 0.683. The molecular weight excluding hydrogens is 387 g/mol. The Balaban J connectivity index is 2.04. The van der Waals surface area contributed by atoms with E-state index in [1.165, 1.54) is 23.1 Å². The first-order valence-electron chi connectivity index (χ1n) is 7.84. The van der Waals surface area contributed by atoms with Crippen molar-refractivity contribution in [2.24, 2.45) is 5.73 Å². The van der Waals surface area contributed by atoms with Crippen LogP contribution in [0.15, 0.2) is 36.4 Å². The van der Waals surface area contributed by atoms with Crippen molar-refractivity contribution in [3.05, 3.63) is 58.1 Å². The molecule has 3 rings (SSSR count). The highest BCUT2D eigenvalue weighted by Gasteiger charge is 2.37. The zero-order valence-corrected chi connectivity index (χ0v) is 14.5. The van der Waals surface area contributed by atoms with Crippen molar-refractivity contribution in [2.45, 2.75) is 12.1 Å². The van der Waals surface area contributed by atoms with Gasteiger partial charge in [0.25, 0.3) is 5.91 Å². The molecule has 2 aromatic rings. The van der Waals surface area contributed by atoms with Gasteiger partial charge in [-0.3, -0.25) is 15.2 Å². The van der Waals surface area contributed by atoms with Gasteiger partial charge in [0.1, 0.15) is 5.69 Å². The third-order valence-electron chi connectivity index (χ3n) is 4.43. The fourth-order valence-electron chi connectivity index (χ4n) is 3.06. The van der Waals surface area contributed by atoms with E-state index in [0.29, 0.717) is 5.56 Å². The maximum Gasteiger partial charge on any atom is 0.416 e. The first-order chi connectivity index (χ1) is 12.6. The number of rotatable bonds is 3. The summed E-state index contributed by atoms with van der Waals surface area (Å²) in [6.45, 7) is 0.279. The molecule has 2 aromatic carbocycles. The first-order valence-corrected chi connectivity index (χ1v) is 8.21. The maximum absolute atomic E-state index is 13.1. The van der Waals surface area contributed by atoms with Crippen molar-refractivity contribution in [3.8, 4) is 0 Å². The Morgan fingerprint density at radius 3 is 2.56 bits per heavy atom. The molecule has 0 radical (unpaired) electrons. The molecule has 1 aliphatic heterocycles. The lowest BCUT2D eigenvalue weighted by molar-refractivity contribution is -0.137. The van der Waals surface area contributed by atoms with Gasteiger partial charge in [0.15, 0.2) is 0 Å². The van der Waals surface area contributed by atoms with Crippen LogP contribution in [0.5, 0.6) is 0 Å². The third-order valence-corrected chi connectivity index (χ3v) is 4.75. The number of halogens is 4. The zero-order valence-electron chi connectivity index (χ0n) is 13.7. The topological polar surface area (TPSA) is 90.0 Å². The van der Waals surface area contributed by atoms with E-state index < -0.39 is 17.6 Å². The molecule has 1 unspecified atom stereocenters. The van der Waals surface area contributed by atoms with E-state index in [9.17, 15) is 28.4 Å². The Morgan fingerprint density at radius 2 is 1.96 bits per heavy atom. The zero-order chi connectivity index (χ0) is 19.9. The summed E-state index contributed by atoms with van der Waals surface area (Å²) in [5.41, 5.74) is 5.32. The van der Waals surface area contributed by atoms with E-state index in [1.807, 2.05) is 0 Å². The molecule has 0 aromatic heterocycles. The fourth-order valence-corrected chi connectivity index (χ4v) is 3.26. The second-order valence-corrected chi connectivity index (χ2v) is 6.48. The Morgan fingerprint density at radius 1 is 1.26 bits per heavy atom. The summed E-state index contributed by atoms with van der Waals surface area (Å²) >= 11 is 5.83. The molecule has 10 heteroatoms. The van der Waals surface area contributed by atoms with Crippen molar-refractivity contribution in [1.29, 1.82) is 0 Å². The highest BCUT2D eigenvalue weighted by Crippen LogP contribution is 2.41. The van der Waals surface area contributed by atoms with Gasteiger partial charge in [-0.25, -0.2) is 0 Å². The van der Waals surface area contributed by atoms with Crippen molar-refractivity contribution in [2.75, 3.05) is 23.2 Å². The van der Waals surface area contributed by atoms with Crippen LogP contribution in [-0.2, 0) is 6.18 Å². The number of fused-ring (bicyclic) bond motifs is 1. The Hall–Kier alpha value is -2.33. The summed E-state index contributed by atoms with van der Waals surface area (Å²) in [4.78, 5) is 14.1. The van der Waals surface area contributed by atoms with Crippen LogP contribution in [0.25, 0.3) is 0 Å². The van der Waals surface area contributed by atoms with Gasteiger partial charge < -0.3 is 10.6 Å². The predicted molar refractivity (Wildman–Crippen MR) is 92.4 cm³/mol. The number of carbonyl (C=O) groups is 1. The lowest BCUT2D eigenvalue weighted by atomic mass is 10.00. The van der Waals surface area contributed by atoms with Crippen LogP contribution >= 0.6 is 11.6 Å². The number of alkyl halides is 3. The molecule has 1 heterocycles. The van der Waals surface area contributed by atoms with Gasteiger partial charge in [0, 0.05) is 30.3 Å². The van der Waals surface area contributed by atoms with Gasteiger partial charge in [-0.15, -0.1) is 5.23 Å². The van der Waals surface area contributed by atoms with E-state index in [1.54, 1.807) is 0 Å². The van der Waals surface area contributed by atoms with Crippen LogP contribution in [0.1, 0.15) is 27.4 Å². The van der Waals surface area contributed by atoms with Crippen LogP contribution in [-0.4, -0.2) is 29.4 Å². The van der Waals surface area contributed by atoms with Crippen molar-refractivity contribution in [3.63, 3.8) is 0 Å². The number of hydrogen-bond acceptors (Lipinski definition) is 5. The summed E-state index contributed by atoms with van der Waals surface area (Å²) in [5, 5.41) is 18.1. The number of nitrogens with zero attached hydrogens (tertiary/aromatic N) is 2. The molecule has 4 N–H and O–H groups in total. The maximum atomic E-state index is 13.1. The molecule has 6 nitrogen and oxygen atoms in total. The number of anilines is 2. The Bertz CT molecular complexity index is 889. The second kappa shape index (κ2) is 7.01. The minimum absolute atomic E-state index is 0.0161. The van der Waals surface area contributed by atoms with Gasteiger partial charge >= 0.3 is 6.18 Å². The van der Waals surface area contributed by atoms with Gasteiger partial charge in [-0.05, 0) is 35.9 Å². The van der Waals surface area contributed by atoms with Gasteiger partial charge in [0.05, 0.1) is 10.6 Å². The first kappa shape index (κ1) is 19.4. The summed E-state index contributed by atoms with van der Waals surface area (Å²) in [6, 6.07) is 6.98. The molecule has 1 amide bonds. The smallest absolute Gasteiger partial charge is 0.330 e. The molecule has 0 spiro atoms. The highest BCUT2D eigenvalue weighted by molar-refractivity contribution is 6.33. The number of hydrogen-bond donors (Lipinski definition) is 3. The minimum atomic E-state index is -4.55. The third kappa shape index (κ3) is 3.59. The predicted octanol–water partition coefficient (Wildman–Crippen LogP) is 3.65. The molecule has 0 bridgehead atoms. The molecule has 1 atom stereocenters. The number of carbonyl (C=O) groups excluding carboxylic acids is 1. The van der Waals surface area contributed by atoms with Crippen molar-refractivity contribution < 1.29 is 28.4 Å². The summed E-state index contributed by atoms with van der Waals surface area (Å²) in [6.07, 6.45) is -4.55. The van der Waals surface area contributed by atoms with E-state index in [4.69, 9.17) is 17.3 Å². The molecular formula is C17H15ClF3N3O3. The van der Waals surface area contributed by atoms with E-state index >= 15 is 0 Å². The molecule has 0 saturated heterocycles. The average molecular weight is 402 g/mol. The standard InChI is InChI=1S/C17H15ClF3N3O3/c18-13-4-1-9(5-15(13)24(26)27)16(25)23-8-10(7-22)12-3-2-11(6-14(12)23)17(19,20)21/h1-6,10,26-27H,7-8,22H2. The van der Waals surface area contributed by atoms with E-state index in [0.717, 1.165) is 18.2 Å². The minimum Gasteiger partial charge on any atom is -0.330 e. The van der Waals surface area contributed by atoms with E-state index in [2.05, 4.69) is 0 Å². The SMILES string of the molecule is NCC1CN(C(=O)c2ccc(Cl)c(N(O)O)c2)c2cc(C(F)(F)F)ccc21. The average Bonchev–Trinajstić information content (AvgIpc) is 2.98. The van der Waals surface area contributed by atoms with Crippen LogP contribution < -0.4 is 15.9 Å². The molecule has 1 aliphatic rings. The molecule has 0 aliphatic carbocycles. The molecule has 0 saturated carbocycles. The van der Waals surface area contributed by atoms with Crippen LogP contribution in [0.4, 0.5) is 24.5 Å². The summed E-state index contributed by atoms with van der Waals surface area (Å²) in [5.74, 6) is -0.906. The van der Waals surface area contributed by atoms with Gasteiger partial charge in [0.2, 0.25) is 0 Å². The van der Waals surface area contributed by atoms with Crippen LogP contribution in [0.3, 0.4) is 0 Å². The second-order valence-electron chi connectivity index (χ2n) is 6.08. The molecule has 0 fully saturated rings. The fraction of sp³-hybridized carbons (Fsp3) is 0.235. The summed E-state index contributed by atoms with van der Waals surface area (Å²) in [7, 11) is 0. The van der Waals surface area contributed by atoms with Gasteiger partial charge in [-0.1, -0.05) is 17.7 Å². The monoisotopic (exact) mass is 401 g/mol. The van der Waals surface area contributed by atoms with Crippen LogP contribution in [0, 0.1) is 0 Å². The molecule has 27 heavy (non-hydrogen) atoms. The lowest BCUT2D eigenvalue weighted by Crippen LogP contribution is -2.31. The van der Waals surface area contributed by atoms with Crippen LogP contribution in [0.2, 0.25) is 5.02 Å². The van der Waals surface area contributed by atoms with Gasteiger partial charge in [-0.2, -0.15) is 13.2 Å². The Labute approximate surface area is 157 Å². The van der Waals surface area contributed by atoms with E-state index in [-0.39, 0.29) is 46.2 Å². The summed E-state index contributed by atoms with van der Waals surface area (Å²) < 4.78 is 39.2.